The number of nitrogens with two attached hydrogens (primary N) is 1. The molecule has 0 aliphatic heterocycles. The highest BCUT2D eigenvalue weighted by atomic mass is 32.1. The predicted octanol–water partition coefficient (Wildman–Crippen LogP) is 2.59. The number of benzene rings is 1. The maximum atomic E-state index is 12.5. The average Bonchev–Trinajstić information content (AvgIpc) is 2.95. The molecule has 0 saturated carbocycles. The molecular formula is C18H21N3O2S. The first-order valence-corrected chi connectivity index (χ1v) is 8.75. The number of nitrogen functional groups attached to an aromatic ring is 1. The summed E-state index contributed by atoms with van der Waals surface area (Å²) in [5, 5.41) is 0.619. The summed E-state index contributed by atoms with van der Waals surface area (Å²) in [5.74, 6) is 0.325. The Kier molecular flexibility index (Phi) is 4.32. The third-order valence-electron chi connectivity index (χ3n) is 3.97. The Balaban J connectivity index is 2.12. The van der Waals surface area contributed by atoms with Crippen LogP contribution in [0.1, 0.15) is 24.3 Å². The lowest BCUT2D eigenvalue weighted by Crippen LogP contribution is -2.38. The highest BCUT2D eigenvalue weighted by molar-refractivity contribution is 7.18. The molecule has 0 amide bonds. The van der Waals surface area contributed by atoms with Gasteiger partial charge >= 0.3 is 5.69 Å². The fourth-order valence-corrected chi connectivity index (χ4v) is 3.95. The van der Waals surface area contributed by atoms with Gasteiger partial charge < -0.3 is 5.73 Å². The van der Waals surface area contributed by atoms with Crippen molar-refractivity contribution < 1.29 is 0 Å². The maximum Gasteiger partial charge on any atom is 0.331 e. The maximum absolute atomic E-state index is 12.5. The summed E-state index contributed by atoms with van der Waals surface area (Å²) in [6.07, 6.45) is 0.721. The highest BCUT2D eigenvalue weighted by Crippen LogP contribution is 2.25. The van der Waals surface area contributed by atoms with Gasteiger partial charge in [0.1, 0.15) is 4.83 Å². The molecule has 2 heterocycles. The minimum atomic E-state index is -0.248. The van der Waals surface area contributed by atoms with Crippen molar-refractivity contribution in [3.8, 4) is 0 Å². The number of anilines is 1. The Hall–Kier alpha value is -2.34. The van der Waals surface area contributed by atoms with E-state index < -0.39 is 0 Å². The lowest BCUT2D eigenvalue weighted by Gasteiger charge is -2.11. The molecule has 24 heavy (non-hydrogen) atoms. The van der Waals surface area contributed by atoms with Gasteiger partial charge in [-0.25, -0.2) is 4.79 Å². The molecule has 5 nitrogen and oxygen atoms in total. The van der Waals surface area contributed by atoms with E-state index in [1.807, 2.05) is 30.3 Å². The summed E-state index contributed by atoms with van der Waals surface area (Å²) in [4.78, 5) is 26.7. The van der Waals surface area contributed by atoms with Gasteiger partial charge in [0.25, 0.3) is 5.56 Å². The molecule has 6 heteroatoms. The summed E-state index contributed by atoms with van der Waals surface area (Å²) >= 11 is 1.52. The van der Waals surface area contributed by atoms with Gasteiger partial charge in [-0.1, -0.05) is 26.0 Å². The number of aromatic nitrogens is 2. The average molecular weight is 343 g/mol. The molecule has 2 N–H and O–H groups in total. The highest BCUT2D eigenvalue weighted by Gasteiger charge is 2.15. The van der Waals surface area contributed by atoms with Gasteiger partial charge in [0.05, 0.1) is 5.39 Å². The van der Waals surface area contributed by atoms with Gasteiger partial charge in [-0.3, -0.25) is 13.9 Å². The second-order valence-electron chi connectivity index (χ2n) is 6.50. The van der Waals surface area contributed by atoms with Gasteiger partial charge in [-0.2, -0.15) is 0 Å². The summed E-state index contributed by atoms with van der Waals surface area (Å²) in [7, 11) is 1.54. The minimum absolute atomic E-state index is 0.227. The van der Waals surface area contributed by atoms with Crippen molar-refractivity contribution in [3.05, 3.63) is 61.6 Å². The third-order valence-corrected chi connectivity index (χ3v) is 5.13. The summed E-state index contributed by atoms with van der Waals surface area (Å²) in [6, 6.07) is 9.62. The third kappa shape index (κ3) is 3.01. The number of thiophene rings is 1. The van der Waals surface area contributed by atoms with E-state index in [0.29, 0.717) is 17.8 Å². The van der Waals surface area contributed by atoms with E-state index in [1.165, 1.54) is 23.0 Å². The smallest absolute Gasteiger partial charge is 0.331 e. The van der Waals surface area contributed by atoms with Crippen LogP contribution in [0.5, 0.6) is 0 Å². The molecule has 0 saturated heterocycles. The number of hydrogen-bond donors (Lipinski definition) is 1. The molecule has 0 aliphatic rings. The standard InChI is InChI=1S/C18H21N3O2S/c1-11(2)10-21-17-15(16(22)20(3)18(21)23)9-14(24-17)8-12-4-6-13(19)7-5-12/h4-7,9,11H,8,10,19H2,1-3H3. The topological polar surface area (TPSA) is 70.0 Å². The van der Waals surface area contributed by atoms with E-state index >= 15 is 0 Å². The Labute approximate surface area is 144 Å². The lowest BCUT2D eigenvalue weighted by atomic mass is 10.1. The molecule has 126 valence electrons. The number of hydrogen-bond acceptors (Lipinski definition) is 4. The Morgan fingerprint density at radius 2 is 1.83 bits per heavy atom. The van der Waals surface area contributed by atoms with Crippen LogP contribution in [0.3, 0.4) is 0 Å². The van der Waals surface area contributed by atoms with Gasteiger partial charge in [0, 0.05) is 30.6 Å². The molecule has 2 aromatic heterocycles. The first kappa shape index (κ1) is 16.5. The zero-order chi connectivity index (χ0) is 17.4. The van der Waals surface area contributed by atoms with Crippen molar-refractivity contribution in [2.45, 2.75) is 26.8 Å². The van der Waals surface area contributed by atoms with Gasteiger partial charge in [-0.05, 0) is 29.7 Å². The predicted molar refractivity (Wildman–Crippen MR) is 99.8 cm³/mol. The van der Waals surface area contributed by atoms with Gasteiger partial charge in [-0.15, -0.1) is 11.3 Å². The van der Waals surface area contributed by atoms with Crippen molar-refractivity contribution in [1.29, 1.82) is 0 Å². The van der Waals surface area contributed by atoms with Crippen LogP contribution in [0.2, 0.25) is 0 Å². The molecule has 0 fully saturated rings. The van der Waals surface area contributed by atoms with E-state index in [-0.39, 0.29) is 11.2 Å². The first-order chi connectivity index (χ1) is 11.4. The van der Waals surface area contributed by atoms with Gasteiger partial charge in [0.2, 0.25) is 0 Å². The molecule has 3 aromatic rings. The van der Waals surface area contributed by atoms with Crippen LogP contribution in [0.15, 0.2) is 39.9 Å². The second kappa shape index (κ2) is 6.28. The van der Waals surface area contributed by atoms with Crippen molar-refractivity contribution in [2.24, 2.45) is 13.0 Å². The molecule has 0 aliphatic carbocycles. The van der Waals surface area contributed by atoms with Gasteiger partial charge in [0.15, 0.2) is 0 Å². The molecular weight excluding hydrogens is 322 g/mol. The fourth-order valence-electron chi connectivity index (χ4n) is 2.77. The first-order valence-electron chi connectivity index (χ1n) is 7.93. The molecule has 0 bridgehead atoms. The van der Waals surface area contributed by atoms with Crippen LogP contribution in [0, 0.1) is 5.92 Å². The fraction of sp³-hybridized carbons (Fsp3) is 0.333. The van der Waals surface area contributed by atoms with Crippen molar-refractivity contribution in [2.75, 3.05) is 5.73 Å². The molecule has 3 rings (SSSR count). The molecule has 1 aromatic carbocycles. The number of fused-ring (bicyclic) bond motifs is 1. The Morgan fingerprint density at radius 1 is 1.17 bits per heavy atom. The zero-order valence-corrected chi connectivity index (χ0v) is 14.9. The summed E-state index contributed by atoms with van der Waals surface area (Å²) in [5.41, 5.74) is 7.11. The van der Waals surface area contributed by atoms with Crippen LogP contribution in [0.4, 0.5) is 5.69 Å². The lowest BCUT2D eigenvalue weighted by molar-refractivity contribution is 0.504. The minimum Gasteiger partial charge on any atom is -0.399 e. The normalized spacial score (nSPS) is 11.5. The Morgan fingerprint density at radius 3 is 2.46 bits per heavy atom. The largest absolute Gasteiger partial charge is 0.399 e. The van der Waals surface area contributed by atoms with Crippen molar-refractivity contribution in [1.82, 2.24) is 9.13 Å². The van der Waals surface area contributed by atoms with Crippen LogP contribution in [0.25, 0.3) is 10.2 Å². The van der Waals surface area contributed by atoms with Crippen LogP contribution >= 0.6 is 11.3 Å². The summed E-state index contributed by atoms with van der Waals surface area (Å²) in [6.45, 7) is 4.73. The molecule has 0 radical (unpaired) electrons. The quantitative estimate of drug-likeness (QED) is 0.740. The SMILES string of the molecule is CC(C)Cn1c(=O)n(C)c(=O)c2cc(Cc3ccc(N)cc3)sc21. The second-order valence-corrected chi connectivity index (χ2v) is 7.62. The molecule has 0 atom stereocenters. The Bertz CT molecular complexity index is 994. The van der Waals surface area contributed by atoms with Crippen molar-refractivity contribution >= 4 is 27.2 Å². The van der Waals surface area contributed by atoms with Crippen LogP contribution in [-0.4, -0.2) is 9.13 Å². The van der Waals surface area contributed by atoms with Crippen LogP contribution < -0.4 is 17.0 Å². The van der Waals surface area contributed by atoms with E-state index in [1.54, 1.807) is 4.57 Å². The summed E-state index contributed by atoms with van der Waals surface area (Å²) < 4.78 is 2.92. The van der Waals surface area contributed by atoms with Crippen molar-refractivity contribution in [3.63, 3.8) is 0 Å². The monoisotopic (exact) mass is 343 g/mol. The van der Waals surface area contributed by atoms with E-state index in [9.17, 15) is 9.59 Å². The number of rotatable bonds is 4. The zero-order valence-electron chi connectivity index (χ0n) is 14.1. The number of nitrogens with zero attached hydrogens (tertiary/aromatic N) is 2. The van der Waals surface area contributed by atoms with E-state index in [4.69, 9.17) is 5.73 Å². The van der Waals surface area contributed by atoms with Crippen LogP contribution in [-0.2, 0) is 20.0 Å². The van der Waals surface area contributed by atoms with E-state index in [0.717, 1.165) is 27.4 Å². The molecule has 0 spiro atoms. The van der Waals surface area contributed by atoms with E-state index in [2.05, 4.69) is 13.8 Å². The molecule has 0 unspecified atom stereocenters.